The molecular formula is C14H26N2O3. The SMILES string of the molecule is CCNC1(C(=O)O)CCCC1CCN1CCOCC1. The number of carbonyl (C=O) groups is 1. The summed E-state index contributed by atoms with van der Waals surface area (Å²) in [7, 11) is 0. The lowest BCUT2D eigenvalue weighted by atomic mass is 9.84. The highest BCUT2D eigenvalue weighted by Crippen LogP contribution is 2.38. The molecule has 2 rings (SSSR count). The van der Waals surface area contributed by atoms with Gasteiger partial charge in [-0.1, -0.05) is 13.3 Å². The van der Waals surface area contributed by atoms with Gasteiger partial charge in [-0.15, -0.1) is 0 Å². The van der Waals surface area contributed by atoms with Crippen LogP contribution in [0.1, 0.15) is 32.6 Å². The normalized spacial score (nSPS) is 32.6. The van der Waals surface area contributed by atoms with Crippen LogP contribution < -0.4 is 5.32 Å². The van der Waals surface area contributed by atoms with Gasteiger partial charge < -0.3 is 15.2 Å². The number of ether oxygens (including phenoxy) is 1. The van der Waals surface area contributed by atoms with Crippen molar-refractivity contribution in [2.75, 3.05) is 39.4 Å². The maximum Gasteiger partial charge on any atom is 0.324 e. The third-order valence-electron chi connectivity index (χ3n) is 4.59. The number of rotatable bonds is 6. The van der Waals surface area contributed by atoms with E-state index in [0.29, 0.717) is 0 Å². The van der Waals surface area contributed by atoms with Gasteiger partial charge in [0.15, 0.2) is 0 Å². The van der Waals surface area contributed by atoms with E-state index in [1.54, 1.807) is 0 Å². The third-order valence-corrected chi connectivity index (χ3v) is 4.59. The molecule has 5 heteroatoms. The van der Waals surface area contributed by atoms with Gasteiger partial charge in [0.05, 0.1) is 13.2 Å². The van der Waals surface area contributed by atoms with Crippen LogP contribution in [0.5, 0.6) is 0 Å². The number of nitrogens with zero attached hydrogens (tertiary/aromatic N) is 1. The van der Waals surface area contributed by atoms with Crippen LogP contribution >= 0.6 is 0 Å². The van der Waals surface area contributed by atoms with Crippen LogP contribution in [0.3, 0.4) is 0 Å². The molecule has 0 radical (unpaired) electrons. The molecule has 0 aromatic rings. The largest absolute Gasteiger partial charge is 0.480 e. The molecule has 0 bridgehead atoms. The minimum atomic E-state index is -0.680. The average Bonchev–Trinajstić information content (AvgIpc) is 2.82. The first-order valence-electron chi connectivity index (χ1n) is 7.47. The molecule has 0 aromatic heterocycles. The highest BCUT2D eigenvalue weighted by molar-refractivity contribution is 5.79. The fourth-order valence-corrected chi connectivity index (χ4v) is 3.54. The molecule has 1 heterocycles. The first-order valence-corrected chi connectivity index (χ1v) is 7.47. The molecule has 2 fully saturated rings. The van der Waals surface area contributed by atoms with E-state index in [1.807, 2.05) is 6.92 Å². The van der Waals surface area contributed by atoms with Gasteiger partial charge in [0.25, 0.3) is 0 Å². The van der Waals surface area contributed by atoms with E-state index in [9.17, 15) is 9.90 Å². The minimum Gasteiger partial charge on any atom is -0.480 e. The Morgan fingerprint density at radius 2 is 2.21 bits per heavy atom. The molecule has 2 atom stereocenters. The number of morpholine rings is 1. The molecular weight excluding hydrogens is 244 g/mol. The van der Waals surface area contributed by atoms with Crippen LogP contribution in [0.15, 0.2) is 0 Å². The van der Waals surface area contributed by atoms with Crippen LogP contribution in [0.2, 0.25) is 0 Å². The Kier molecular flexibility index (Phi) is 5.19. The van der Waals surface area contributed by atoms with E-state index in [2.05, 4.69) is 10.2 Å². The highest BCUT2D eigenvalue weighted by atomic mass is 16.5. The molecule has 2 aliphatic rings. The van der Waals surface area contributed by atoms with Crippen molar-refractivity contribution in [1.82, 2.24) is 10.2 Å². The summed E-state index contributed by atoms with van der Waals surface area (Å²) in [4.78, 5) is 14.1. The average molecular weight is 270 g/mol. The van der Waals surface area contributed by atoms with Crippen molar-refractivity contribution < 1.29 is 14.6 Å². The Morgan fingerprint density at radius 3 is 2.84 bits per heavy atom. The van der Waals surface area contributed by atoms with E-state index >= 15 is 0 Å². The molecule has 0 spiro atoms. The zero-order chi connectivity index (χ0) is 13.7. The van der Waals surface area contributed by atoms with Gasteiger partial charge in [0.1, 0.15) is 5.54 Å². The molecule has 1 saturated carbocycles. The topological polar surface area (TPSA) is 61.8 Å². The lowest BCUT2D eigenvalue weighted by Crippen LogP contribution is -2.55. The lowest BCUT2D eigenvalue weighted by Gasteiger charge is -2.34. The maximum atomic E-state index is 11.7. The summed E-state index contributed by atoms with van der Waals surface area (Å²) in [5.41, 5.74) is -0.680. The van der Waals surface area contributed by atoms with Gasteiger partial charge in [-0.3, -0.25) is 9.69 Å². The monoisotopic (exact) mass is 270 g/mol. The summed E-state index contributed by atoms with van der Waals surface area (Å²) in [5.74, 6) is -0.411. The fourth-order valence-electron chi connectivity index (χ4n) is 3.54. The maximum absolute atomic E-state index is 11.7. The van der Waals surface area contributed by atoms with Crippen molar-refractivity contribution in [1.29, 1.82) is 0 Å². The molecule has 0 amide bonds. The second-order valence-corrected chi connectivity index (χ2v) is 5.64. The van der Waals surface area contributed by atoms with Crippen molar-refractivity contribution in [2.24, 2.45) is 5.92 Å². The van der Waals surface area contributed by atoms with Crippen LogP contribution in [-0.4, -0.2) is 60.9 Å². The number of carboxylic acids is 1. The van der Waals surface area contributed by atoms with E-state index < -0.39 is 11.5 Å². The first-order chi connectivity index (χ1) is 9.19. The van der Waals surface area contributed by atoms with E-state index in [-0.39, 0.29) is 5.92 Å². The second-order valence-electron chi connectivity index (χ2n) is 5.64. The molecule has 5 nitrogen and oxygen atoms in total. The Bertz CT molecular complexity index is 305. The zero-order valence-electron chi connectivity index (χ0n) is 11.9. The summed E-state index contributed by atoms with van der Waals surface area (Å²) in [6.45, 7) is 7.28. The summed E-state index contributed by atoms with van der Waals surface area (Å²) < 4.78 is 5.34. The van der Waals surface area contributed by atoms with Crippen LogP contribution in [0.25, 0.3) is 0 Å². The molecule has 1 saturated heterocycles. The zero-order valence-corrected chi connectivity index (χ0v) is 11.9. The van der Waals surface area contributed by atoms with Gasteiger partial charge in [0.2, 0.25) is 0 Å². The lowest BCUT2D eigenvalue weighted by molar-refractivity contribution is -0.146. The molecule has 0 aromatic carbocycles. The second kappa shape index (κ2) is 6.68. The van der Waals surface area contributed by atoms with Crippen molar-refractivity contribution in [3.8, 4) is 0 Å². The standard InChI is InChI=1S/C14H26N2O3/c1-2-15-14(13(17)18)6-3-4-12(14)5-7-16-8-10-19-11-9-16/h12,15H,2-11H2,1H3,(H,17,18). The Balaban J connectivity index is 1.91. The van der Waals surface area contributed by atoms with Gasteiger partial charge in [-0.2, -0.15) is 0 Å². The number of likely N-dealkylation sites (N-methyl/N-ethyl adjacent to an activating group) is 1. The van der Waals surface area contributed by atoms with E-state index in [4.69, 9.17) is 4.74 Å². The number of hydrogen-bond acceptors (Lipinski definition) is 4. The van der Waals surface area contributed by atoms with Crippen molar-refractivity contribution in [3.05, 3.63) is 0 Å². The van der Waals surface area contributed by atoms with Crippen LogP contribution in [0.4, 0.5) is 0 Å². The van der Waals surface area contributed by atoms with Gasteiger partial charge >= 0.3 is 5.97 Å². The number of hydrogen-bond donors (Lipinski definition) is 2. The molecule has 110 valence electrons. The molecule has 1 aliphatic carbocycles. The molecule has 2 unspecified atom stereocenters. The summed E-state index contributed by atoms with van der Waals surface area (Å²) in [6.07, 6.45) is 3.79. The third kappa shape index (κ3) is 3.27. The summed E-state index contributed by atoms with van der Waals surface area (Å²) >= 11 is 0. The van der Waals surface area contributed by atoms with Gasteiger partial charge in [-0.05, 0) is 38.3 Å². The highest BCUT2D eigenvalue weighted by Gasteiger charge is 2.48. The Labute approximate surface area is 115 Å². The smallest absolute Gasteiger partial charge is 0.324 e. The number of carboxylic acid groups (broad SMARTS) is 1. The van der Waals surface area contributed by atoms with Crippen molar-refractivity contribution in [3.63, 3.8) is 0 Å². The molecule has 19 heavy (non-hydrogen) atoms. The minimum absolute atomic E-state index is 0.257. The Hall–Kier alpha value is -0.650. The van der Waals surface area contributed by atoms with E-state index in [0.717, 1.165) is 65.1 Å². The molecule has 1 aliphatic heterocycles. The van der Waals surface area contributed by atoms with Gasteiger partial charge in [-0.25, -0.2) is 0 Å². The number of nitrogens with one attached hydrogen (secondary N) is 1. The fraction of sp³-hybridized carbons (Fsp3) is 0.929. The first kappa shape index (κ1) is 14.8. The van der Waals surface area contributed by atoms with Crippen LogP contribution in [-0.2, 0) is 9.53 Å². The predicted molar refractivity (Wildman–Crippen MR) is 73.3 cm³/mol. The Morgan fingerprint density at radius 1 is 1.47 bits per heavy atom. The van der Waals surface area contributed by atoms with Crippen molar-refractivity contribution >= 4 is 5.97 Å². The summed E-state index contributed by atoms with van der Waals surface area (Å²) in [6, 6.07) is 0. The van der Waals surface area contributed by atoms with Gasteiger partial charge in [0, 0.05) is 13.1 Å². The van der Waals surface area contributed by atoms with Crippen LogP contribution in [0, 0.1) is 5.92 Å². The number of aliphatic carboxylic acids is 1. The molecule has 2 N–H and O–H groups in total. The van der Waals surface area contributed by atoms with Crippen molar-refractivity contribution in [2.45, 2.75) is 38.1 Å². The summed E-state index contributed by atoms with van der Waals surface area (Å²) in [5, 5.41) is 12.9. The predicted octanol–water partition coefficient (Wildman–Crippen LogP) is 0.942. The quantitative estimate of drug-likeness (QED) is 0.752. The van der Waals surface area contributed by atoms with E-state index in [1.165, 1.54) is 0 Å².